The highest BCUT2D eigenvalue weighted by Crippen LogP contribution is 2.31. The Morgan fingerprint density at radius 1 is 0.564 bits per heavy atom. The summed E-state index contributed by atoms with van der Waals surface area (Å²) in [5, 5.41) is 0.832. The van der Waals surface area contributed by atoms with Crippen LogP contribution in [-0.4, -0.2) is 16.8 Å². The van der Waals surface area contributed by atoms with Crippen LogP contribution in [0.3, 0.4) is 0 Å². The second-order valence-electron chi connectivity index (χ2n) is 9.27. The average molecular weight is 565 g/mol. The highest BCUT2D eigenvalue weighted by molar-refractivity contribution is 7.87. The maximum Gasteiger partial charge on any atom is 0.344 e. The van der Waals surface area contributed by atoms with E-state index in [4.69, 9.17) is 12.8 Å². The van der Waals surface area contributed by atoms with Gasteiger partial charge in [-0.3, -0.25) is 0 Å². The Balaban J connectivity index is 1.56. The van der Waals surface area contributed by atoms with Crippen LogP contribution in [0.5, 0.6) is 11.5 Å². The number of hydrogen-bond acceptors (Lipinski definition) is 8. The molecule has 0 unspecified atom stereocenters. The van der Waals surface area contributed by atoms with Gasteiger partial charge in [-0.05, 0) is 74.2 Å². The van der Waals surface area contributed by atoms with Crippen LogP contribution >= 0.6 is 0 Å². The van der Waals surface area contributed by atoms with Gasteiger partial charge in [0.15, 0.2) is 0 Å². The van der Waals surface area contributed by atoms with E-state index in [2.05, 4.69) is 0 Å². The second kappa shape index (κ2) is 9.55. The third-order valence-electron chi connectivity index (χ3n) is 6.44. The van der Waals surface area contributed by atoms with Gasteiger partial charge in [-0.15, -0.1) is 0 Å². The summed E-state index contributed by atoms with van der Waals surface area (Å²) in [4.78, 5) is 12.5. The summed E-state index contributed by atoms with van der Waals surface area (Å²) in [6.45, 7) is 6.96. The van der Waals surface area contributed by atoms with Crippen molar-refractivity contribution >= 4 is 42.0 Å². The van der Waals surface area contributed by atoms with Crippen molar-refractivity contribution in [3.63, 3.8) is 0 Å². The predicted octanol–water partition coefficient (Wildman–Crippen LogP) is 5.72. The molecule has 0 radical (unpaired) electrons. The van der Waals surface area contributed by atoms with Gasteiger partial charge in [0.2, 0.25) is 0 Å². The molecule has 0 fully saturated rings. The Hall–Kier alpha value is -4.15. The van der Waals surface area contributed by atoms with Gasteiger partial charge in [0, 0.05) is 16.8 Å². The Bertz CT molecular complexity index is 2020. The van der Waals surface area contributed by atoms with E-state index in [-0.39, 0.29) is 32.3 Å². The lowest BCUT2D eigenvalue weighted by molar-refractivity contribution is 0.480. The normalized spacial score (nSPS) is 12.1. The molecule has 8 nitrogen and oxygen atoms in total. The molecule has 39 heavy (non-hydrogen) atoms. The standard InChI is InChI=1S/C29H24O8S2/c1-17-7-5-8-18(2)27(17)36-38(31,32)21-11-13-23-24-14-12-22(16-26(24)35-29(30)25(23)15-21)39(33,34)37-28-19(3)9-6-10-20(28)4/h5-16H,1-4H3. The monoisotopic (exact) mass is 564 g/mol. The molecular formula is C29H24O8S2. The summed E-state index contributed by atoms with van der Waals surface area (Å²) >= 11 is 0. The molecule has 1 aromatic heterocycles. The summed E-state index contributed by atoms with van der Waals surface area (Å²) in [5.74, 6) is 0.453. The van der Waals surface area contributed by atoms with Gasteiger partial charge in [-0.2, -0.15) is 16.8 Å². The van der Waals surface area contributed by atoms with Crippen LogP contribution in [0.25, 0.3) is 21.7 Å². The molecule has 0 spiro atoms. The van der Waals surface area contributed by atoms with Crippen molar-refractivity contribution in [2.24, 2.45) is 0 Å². The van der Waals surface area contributed by atoms with Gasteiger partial charge in [-0.1, -0.05) is 42.5 Å². The van der Waals surface area contributed by atoms with Crippen LogP contribution < -0.4 is 14.0 Å². The first-order chi connectivity index (χ1) is 18.4. The molecule has 5 aromatic rings. The average Bonchev–Trinajstić information content (AvgIpc) is 2.88. The lowest BCUT2D eigenvalue weighted by atomic mass is 10.1. The summed E-state index contributed by atoms with van der Waals surface area (Å²) in [7, 11) is -8.50. The molecule has 0 bridgehead atoms. The number of aryl methyl sites for hydroxylation is 4. The molecule has 5 rings (SSSR count). The van der Waals surface area contributed by atoms with Crippen molar-refractivity contribution in [3.8, 4) is 11.5 Å². The van der Waals surface area contributed by atoms with Gasteiger partial charge >= 0.3 is 25.9 Å². The fourth-order valence-corrected chi connectivity index (χ4v) is 6.52. The first kappa shape index (κ1) is 26.5. The minimum atomic E-state index is -4.26. The van der Waals surface area contributed by atoms with E-state index < -0.39 is 25.9 Å². The maximum absolute atomic E-state index is 13.0. The van der Waals surface area contributed by atoms with Crippen LogP contribution in [0.4, 0.5) is 0 Å². The molecule has 0 atom stereocenters. The molecular weight excluding hydrogens is 540 g/mol. The largest absolute Gasteiger partial charge is 0.422 e. The molecule has 0 saturated heterocycles. The predicted molar refractivity (Wildman–Crippen MR) is 147 cm³/mol. The van der Waals surface area contributed by atoms with Crippen LogP contribution in [0.1, 0.15) is 22.3 Å². The number of benzene rings is 4. The zero-order valence-corrected chi connectivity index (χ0v) is 23.1. The van der Waals surface area contributed by atoms with Crippen molar-refractivity contribution in [2.45, 2.75) is 37.5 Å². The lowest BCUT2D eigenvalue weighted by Crippen LogP contribution is -2.13. The third kappa shape index (κ3) is 4.88. The van der Waals surface area contributed by atoms with Gasteiger partial charge in [0.1, 0.15) is 26.9 Å². The molecule has 0 aliphatic rings. The van der Waals surface area contributed by atoms with Gasteiger partial charge in [0.25, 0.3) is 0 Å². The Morgan fingerprint density at radius 2 is 1.00 bits per heavy atom. The number of fused-ring (bicyclic) bond motifs is 3. The van der Waals surface area contributed by atoms with Crippen LogP contribution in [0, 0.1) is 27.7 Å². The number of hydrogen-bond donors (Lipinski definition) is 0. The first-order valence-electron chi connectivity index (χ1n) is 11.9. The van der Waals surface area contributed by atoms with Crippen molar-refractivity contribution < 1.29 is 29.6 Å². The SMILES string of the molecule is Cc1cccc(C)c1OS(=O)(=O)c1ccc2c(c1)oc(=O)c1cc(S(=O)(=O)Oc3c(C)cccc3C)ccc12. The topological polar surface area (TPSA) is 117 Å². The van der Waals surface area contributed by atoms with E-state index in [0.29, 0.717) is 33.0 Å². The Labute approximate surface area is 225 Å². The summed E-state index contributed by atoms with van der Waals surface area (Å²) in [5.41, 5.74) is 1.80. The minimum Gasteiger partial charge on any atom is -0.422 e. The molecule has 0 saturated carbocycles. The lowest BCUT2D eigenvalue weighted by Gasteiger charge is -2.13. The van der Waals surface area contributed by atoms with E-state index in [1.54, 1.807) is 64.1 Å². The van der Waals surface area contributed by atoms with Crippen molar-refractivity contribution in [1.29, 1.82) is 0 Å². The van der Waals surface area contributed by atoms with E-state index in [9.17, 15) is 21.6 Å². The quantitative estimate of drug-likeness (QED) is 0.146. The minimum absolute atomic E-state index is 0.0103. The van der Waals surface area contributed by atoms with Crippen LogP contribution in [0.15, 0.2) is 91.8 Å². The maximum atomic E-state index is 13.0. The van der Waals surface area contributed by atoms with E-state index >= 15 is 0 Å². The fourth-order valence-electron chi connectivity index (χ4n) is 4.38. The zero-order valence-electron chi connectivity index (χ0n) is 21.5. The number of para-hydroxylation sites is 2. The molecule has 0 aliphatic carbocycles. The molecule has 1 heterocycles. The van der Waals surface area contributed by atoms with Crippen molar-refractivity contribution in [3.05, 3.63) is 105 Å². The molecule has 0 N–H and O–H groups in total. The molecule has 0 aliphatic heterocycles. The highest BCUT2D eigenvalue weighted by atomic mass is 32.2. The summed E-state index contributed by atoms with van der Waals surface area (Å²) < 4.78 is 68.4. The molecule has 4 aromatic carbocycles. The van der Waals surface area contributed by atoms with Gasteiger partial charge in [0.05, 0.1) is 5.39 Å². The molecule has 10 heteroatoms. The smallest absolute Gasteiger partial charge is 0.344 e. The third-order valence-corrected chi connectivity index (χ3v) is 8.87. The second-order valence-corrected chi connectivity index (χ2v) is 12.4. The molecule has 200 valence electrons. The zero-order chi connectivity index (χ0) is 28.1. The van der Waals surface area contributed by atoms with E-state index in [1.165, 1.54) is 36.4 Å². The Kier molecular flexibility index (Phi) is 6.48. The van der Waals surface area contributed by atoms with E-state index in [1.807, 2.05) is 0 Å². The van der Waals surface area contributed by atoms with Crippen LogP contribution in [-0.2, 0) is 20.2 Å². The van der Waals surface area contributed by atoms with E-state index in [0.717, 1.165) is 0 Å². The van der Waals surface area contributed by atoms with Crippen molar-refractivity contribution in [2.75, 3.05) is 0 Å². The fraction of sp³-hybridized carbons (Fsp3) is 0.138. The molecule has 0 amide bonds. The van der Waals surface area contributed by atoms with Gasteiger partial charge < -0.3 is 12.8 Å². The summed E-state index contributed by atoms with van der Waals surface area (Å²) in [6.07, 6.45) is 0. The highest BCUT2D eigenvalue weighted by Gasteiger charge is 2.23. The Morgan fingerprint density at radius 3 is 1.49 bits per heavy atom. The van der Waals surface area contributed by atoms with Crippen molar-refractivity contribution in [1.82, 2.24) is 0 Å². The first-order valence-corrected chi connectivity index (χ1v) is 14.7. The van der Waals surface area contributed by atoms with Crippen LogP contribution in [0.2, 0.25) is 0 Å². The number of rotatable bonds is 6. The van der Waals surface area contributed by atoms with Gasteiger partial charge in [-0.25, -0.2) is 4.79 Å². The summed E-state index contributed by atoms with van der Waals surface area (Å²) in [6, 6.07) is 18.6.